The highest BCUT2D eigenvalue weighted by molar-refractivity contribution is 9.10. The highest BCUT2D eigenvalue weighted by Crippen LogP contribution is 2.28. The summed E-state index contributed by atoms with van der Waals surface area (Å²) < 4.78 is 27.1. The van der Waals surface area contributed by atoms with Gasteiger partial charge in [-0.05, 0) is 44.9 Å². The standard InChI is InChI=1S/C12H10BrF2NS/c13-10-6-17-5-9(10)12(16)3-7-1-2-8(14)4-11(7)15/h1-2,4-6,12H,3,16H2. The smallest absolute Gasteiger partial charge is 0.129 e. The molecule has 2 rings (SSSR count). The fourth-order valence-corrected chi connectivity index (χ4v) is 3.25. The average molecular weight is 318 g/mol. The predicted octanol–water partition coefficient (Wildman–Crippen LogP) is 4.03. The van der Waals surface area contributed by atoms with Crippen molar-refractivity contribution in [2.75, 3.05) is 0 Å². The van der Waals surface area contributed by atoms with Gasteiger partial charge in [0.25, 0.3) is 0 Å². The summed E-state index contributed by atoms with van der Waals surface area (Å²) in [5.41, 5.74) is 7.37. The fraction of sp³-hybridized carbons (Fsp3) is 0.167. The first-order valence-corrected chi connectivity index (χ1v) is 6.72. The van der Waals surface area contributed by atoms with Crippen molar-refractivity contribution in [3.63, 3.8) is 0 Å². The van der Waals surface area contributed by atoms with E-state index in [4.69, 9.17) is 5.73 Å². The van der Waals surface area contributed by atoms with Crippen LogP contribution in [0.5, 0.6) is 0 Å². The van der Waals surface area contributed by atoms with Gasteiger partial charge in [0.15, 0.2) is 0 Å². The van der Waals surface area contributed by atoms with Gasteiger partial charge < -0.3 is 5.73 Å². The molecule has 1 aromatic heterocycles. The van der Waals surface area contributed by atoms with E-state index in [0.29, 0.717) is 12.0 Å². The van der Waals surface area contributed by atoms with Crippen molar-refractivity contribution in [2.24, 2.45) is 5.73 Å². The highest BCUT2D eigenvalue weighted by Gasteiger charge is 2.14. The van der Waals surface area contributed by atoms with Gasteiger partial charge in [0, 0.05) is 22.0 Å². The Bertz CT molecular complexity index is 527. The van der Waals surface area contributed by atoms with Crippen LogP contribution in [0.4, 0.5) is 8.78 Å². The second-order valence-electron chi connectivity index (χ2n) is 3.72. The van der Waals surface area contributed by atoms with Gasteiger partial charge in [0.1, 0.15) is 11.6 Å². The Balaban J connectivity index is 2.19. The molecule has 0 amide bonds. The van der Waals surface area contributed by atoms with Crippen LogP contribution in [-0.2, 0) is 6.42 Å². The van der Waals surface area contributed by atoms with E-state index in [9.17, 15) is 8.78 Å². The van der Waals surface area contributed by atoms with Crippen molar-refractivity contribution in [1.29, 1.82) is 0 Å². The Morgan fingerprint density at radius 3 is 2.65 bits per heavy atom. The third-order valence-corrected chi connectivity index (χ3v) is 4.25. The maximum absolute atomic E-state index is 13.4. The second kappa shape index (κ2) is 5.25. The van der Waals surface area contributed by atoms with E-state index < -0.39 is 11.6 Å². The van der Waals surface area contributed by atoms with Crippen molar-refractivity contribution in [3.05, 3.63) is 56.2 Å². The summed E-state index contributed by atoms with van der Waals surface area (Å²) in [5, 5.41) is 3.85. The van der Waals surface area contributed by atoms with Crippen LogP contribution in [0.1, 0.15) is 17.2 Å². The number of hydrogen-bond donors (Lipinski definition) is 1. The Morgan fingerprint density at radius 1 is 1.29 bits per heavy atom. The molecule has 5 heteroatoms. The van der Waals surface area contributed by atoms with E-state index in [1.165, 1.54) is 23.5 Å². The van der Waals surface area contributed by atoms with E-state index in [0.717, 1.165) is 16.1 Å². The second-order valence-corrected chi connectivity index (χ2v) is 5.32. The summed E-state index contributed by atoms with van der Waals surface area (Å²) in [7, 11) is 0. The van der Waals surface area contributed by atoms with Crippen LogP contribution in [0.25, 0.3) is 0 Å². The van der Waals surface area contributed by atoms with Gasteiger partial charge in [-0.1, -0.05) is 6.07 Å². The van der Waals surface area contributed by atoms with Gasteiger partial charge in [0.05, 0.1) is 0 Å². The topological polar surface area (TPSA) is 26.0 Å². The molecular formula is C12H10BrF2NS. The fourth-order valence-electron chi connectivity index (χ4n) is 1.59. The molecule has 0 fully saturated rings. The molecule has 0 spiro atoms. The lowest BCUT2D eigenvalue weighted by atomic mass is 10.0. The van der Waals surface area contributed by atoms with Crippen LogP contribution in [0, 0.1) is 11.6 Å². The van der Waals surface area contributed by atoms with Gasteiger partial charge in [-0.2, -0.15) is 11.3 Å². The monoisotopic (exact) mass is 317 g/mol. The highest BCUT2D eigenvalue weighted by atomic mass is 79.9. The van der Waals surface area contributed by atoms with Crippen LogP contribution in [0.3, 0.4) is 0 Å². The molecule has 0 aliphatic heterocycles. The third-order valence-electron chi connectivity index (χ3n) is 2.50. The largest absolute Gasteiger partial charge is 0.324 e. The van der Waals surface area contributed by atoms with E-state index in [1.807, 2.05) is 10.8 Å². The molecule has 2 N–H and O–H groups in total. The maximum atomic E-state index is 13.4. The molecule has 0 bridgehead atoms. The molecule has 1 aromatic carbocycles. The van der Waals surface area contributed by atoms with E-state index in [-0.39, 0.29) is 6.04 Å². The first-order valence-electron chi connectivity index (χ1n) is 4.99. The average Bonchev–Trinajstić information content (AvgIpc) is 2.68. The van der Waals surface area contributed by atoms with E-state index >= 15 is 0 Å². The van der Waals surface area contributed by atoms with Gasteiger partial charge >= 0.3 is 0 Å². The summed E-state index contributed by atoms with van der Waals surface area (Å²) >= 11 is 4.92. The van der Waals surface area contributed by atoms with Crippen molar-refractivity contribution in [2.45, 2.75) is 12.5 Å². The SMILES string of the molecule is NC(Cc1ccc(F)cc1F)c1cscc1Br. The minimum atomic E-state index is -0.573. The number of nitrogens with two attached hydrogens (primary N) is 1. The lowest BCUT2D eigenvalue weighted by Gasteiger charge is -2.11. The van der Waals surface area contributed by atoms with Crippen molar-refractivity contribution < 1.29 is 8.78 Å². The summed E-state index contributed by atoms with van der Waals surface area (Å²) in [4.78, 5) is 0. The predicted molar refractivity (Wildman–Crippen MR) is 69.0 cm³/mol. The number of hydrogen-bond acceptors (Lipinski definition) is 2. The minimum absolute atomic E-state index is 0.296. The Labute approximate surface area is 110 Å². The quantitative estimate of drug-likeness (QED) is 0.908. The summed E-state index contributed by atoms with van der Waals surface area (Å²) in [5.74, 6) is -1.12. The van der Waals surface area contributed by atoms with Gasteiger partial charge in [0.2, 0.25) is 0 Å². The molecule has 90 valence electrons. The molecule has 1 nitrogen and oxygen atoms in total. The van der Waals surface area contributed by atoms with Crippen LogP contribution < -0.4 is 5.73 Å². The number of rotatable bonds is 3. The Kier molecular flexibility index (Phi) is 3.91. The summed E-state index contributed by atoms with van der Waals surface area (Å²) in [6, 6.07) is 3.26. The molecule has 17 heavy (non-hydrogen) atoms. The molecule has 0 radical (unpaired) electrons. The number of benzene rings is 1. The number of thiophene rings is 1. The van der Waals surface area contributed by atoms with Crippen LogP contribution >= 0.6 is 27.3 Å². The molecule has 2 aromatic rings. The molecule has 0 saturated carbocycles. The molecule has 0 saturated heterocycles. The zero-order valence-electron chi connectivity index (χ0n) is 8.79. The minimum Gasteiger partial charge on any atom is -0.324 e. The van der Waals surface area contributed by atoms with Gasteiger partial charge in [-0.25, -0.2) is 8.78 Å². The number of halogens is 3. The molecule has 1 unspecified atom stereocenters. The lowest BCUT2D eigenvalue weighted by molar-refractivity contribution is 0.563. The van der Waals surface area contributed by atoms with Crippen molar-refractivity contribution in [3.8, 4) is 0 Å². The zero-order valence-corrected chi connectivity index (χ0v) is 11.2. The van der Waals surface area contributed by atoms with Gasteiger partial charge in [-0.3, -0.25) is 0 Å². The molecule has 0 aliphatic carbocycles. The Hall–Kier alpha value is -0.780. The van der Waals surface area contributed by atoms with Crippen LogP contribution in [0.2, 0.25) is 0 Å². The van der Waals surface area contributed by atoms with Crippen LogP contribution in [-0.4, -0.2) is 0 Å². The van der Waals surface area contributed by atoms with Gasteiger partial charge in [-0.15, -0.1) is 0 Å². The summed E-state index contributed by atoms with van der Waals surface area (Å²) in [6.07, 6.45) is 0.349. The van der Waals surface area contributed by atoms with Crippen molar-refractivity contribution >= 4 is 27.3 Å². The molecule has 0 aliphatic rings. The van der Waals surface area contributed by atoms with Crippen molar-refractivity contribution in [1.82, 2.24) is 0 Å². The van der Waals surface area contributed by atoms with Crippen LogP contribution in [0.15, 0.2) is 33.4 Å². The zero-order chi connectivity index (χ0) is 12.4. The van der Waals surface area contributed by atoms with E-state index in [2.05, 4.69) is 15.9 Å². The summed E-state index contributed by atoms with van der Waals surface area (Å²) in [6.45, 7) is 0. The first-order chi connectivity index (χ1) is 8.08. The molecule has 1 atom stereocenters. The molecule has 1 heterocycles. The third kappa shape index (κ3) is 2.91. The Morgan fingerprint density at radius 2 is 2.06 bits per heavy atom. The molecular weight excluding hydrogens is 308 g/mol. The van der Waals surface area contributed by atoms with E-state index in [1.54, 1.807) is 0 Å². The first kappa shape index (κ1) is 12.7. The lowest BCUT2D eigenvalue weighted by Crippen LogP contribution is -2.14. The maximum Gasteiger partial charge on any atom is 0.129 e. The normalized spacial score (nSPS) is 12.7.